The minimum absolute atomic E-state index is 0.0292. The molecule has 112 valence electrons. The molecular weight excluding hydrogens is 262 g/mol. The van der Waals surface area contributed by atoms with E-state index >= 15 is 0 Å². The lowest BCUT2D eigenvalue weighted by Crippen LogP contribution is -2.49. The summed E-state index contributed by atoms with van der Waals surface area (Å²) >= 11 is 0. The number of rotatable bonds is 4. The van der Waals surface area contributed by atoms with Crippen LogP contribution in [0.2, 0.25) is 0 Å². The molecule has 1 aromatic rings. The van der Waals surface area contributed by atoms with Gasteiger partial charge in [0.15, 0.2) is 0 Å². The van der Waals surface area contributed by atoms with E-state index in [1.807, 2.05) is 44.2 Å². The normalized spacial score (nSPS) is 24.4. The van der Waals surface area contributed by atoms with Gasteiger partial charge in [-0.1, -0.05) is 50.6 Å². The Morgan fingerprint density at radius 1 is 1.43 bits per heavy atom. The molecule has 1 aromatic carbocycles. The van der Waals surface area contributed by atoms with Crippen LogP contribution in [0, 0.1) is 17.2 Å². The third-order valence-corrected chi connectivity index (χ3v) is 4.52. The van der Waals surface area contributed by atoms with Crippen LogP contribution in [0.3, 0.4) is 0 Å². The number of hydrogen-bond acceptors (Lipinski definition) is 3. The highest BCUT2D eigenvalue weighted by Gasteiger charge is 2.40. The number of carbonyl (C=O) groups is 1. The molecule has 0 radical (unpaired) electrons. The molecule has 1 amide bonds. The Hall–Kier alpha value is -1.86. The molecule has 2 N–H and O–H groups in total. The Balaban J connectivity index is 2.27. The summed E-state index contributed by atoms with van der Waals surface area (Å²) in [6, 6.07) is 11.2. The molecule has 0 aromatic heterocycles. The van der Waals surface area contributed by atoms with Crippen molar-refractivity contribution in [1.82, 2.24) is 4.90 Å². The van der Waals surface area contributed by atoms with Crippen LogP contribution >= 0.6 is 0 Å². The van der Waals surface area contributed by atoms with Gasteiger partial charge in [-0.3, -0.25) is 4.79 Å². The van der Waals surface area contributed by atoms with E-state index in [0.29, 0.717) is 0 Å². The maximum absolute atomic E-state index is 12.7. The van der Waals surface area contributed by atoms with Gasteiger partial charge in [-0.2, -0.15) is 5.26 Å². The van der Waals surface area contributed by atoms with E-state index in [9.17, 15) is 10.1 Å². The molecule has 4 atom stereocenters. The van der Waals surface area contributed by atoms with Crippen molar-refractivity contribution in [3.8, 4) is 6.07 Å². The van der Waals surface area contributed by atoms with Gasteiger partial charge in [-0.25, -0.2) is 0 Å². The van der Waals surface area contributed by atoms with Crippen LogP contribution in [0.5, 0.6) is 0 Å². The van der Waals surface area contributed by atoms with Crippen molar-refractivity contribution < 1.29 is 4.79 Å². The average Bonchev–Trinajstić information content (AvgIpc) is 2.97. The standard InChI is InChI=1S/C17H23N3O/c1-3-12(2)16(19)17(21)20-14(11-18)9-10-15(20)13-7-5-4-6-8-13/h4-8,12,14-16H,3,9-10,19H2,1-2H3/t12?,14-,15-,16-/m0/s1. The van der Waals surface area contributed by atoms with Gasteiger partial charge in [0.2, 0.25) is 5.91 Å². The Morgan fingerprint density at radius 2 is 2.10 bits per heavy atom. The fourth-order valence-corrected chi connectivity index (χ4v) is 2.92. The van der Waals surface area contributed by atoms with Gasteiger partial charge < -0.3 is 10.6 Å². The molecule has 1 fully saturated rings. The molecule has 1 saturated heterocycles. The highest BCUT2D eigenvalue weighted by atomic mass is 16.2. The number of hydrogen-bond donors (Lipinski definition) is 1. The Labute approximate surface area is 126 Å². The van der Waals surface area contributed by atoms with E-state index in [4.69, 9.17) is 5.73 Å². The number of benzene rings is 1. The van der Waals surface area contributed by atoms with E-state index in [-0.39, 0.29) is 23.9 Å². The van der Waals surface area contributed by atoms with Crippen LogP contribution in [-0.2, 0) is 4.79 Å². The molecule has 0 saturated carbocycles. The van der Waals surface area contributed by atoms with Gasteiger partial charge in [0.05, 0.1) is 18.2 Å². The highest BCUT2D eigenvalue weighted by Crippen LogP contribution is 2.36. The summed E-state index contributed by atoms with van der Waals surface area (Å²) in [6.07, 6.45) is 2.39. The maximum atomic E-state index is 12.7. The van der Waals surface area contributed by atoms with E-state index in [1.54, 1.807) is 4.90 Å². The largest absolute Gasteiger partial charge is 0.320 e. The van der Waals surface area contributed by atoms with Gasteiger partial charge in [-0.15, -0.1) is 0 Å². The van der Waals surface area contributed by atoms with E-state index in [2.05, 4.69) is 6.07 Å². The van der Waals surface area contributed by atoms with Crippen LogP contribution < -0.4 is 5.73 Å². The summed E-state index contributed by atoms with van der Waals surface area (Å²) in [5, 5.41) is 9.34. The zero-order chi connectivity index (χ0) is 15.4. The summed E-state index contributed by atoms with van der Waals surface area (Å²) in [7, 11) is 0. The molecule has 2 rings (SSSR count). The van der Waals surface area contributed by atoms with Crippen LogP contribution in [-0.4, -0.2) is 22.9 Å². The number of nitrogens with two attached hydrogens (primary N) is 1. The predicted molar refractivity (Wildman–Crippen MR) is 82.1 cm³/mol. The van der Waals surface area contributed by atoms with Gasteiger partial charge in [0.1, 0.15) is 6.04 Å². The predicted octanol–water partition coefficient (Wildman–Crippen LogP) is 2.62. The van der Waals surface area contributed by atoms with Crippen molar-refractivity contribution in [2.45, 2.75) is 51.2 Å². The smallest absolute Gasteiger partial charge is 0.241 e. The topological polar surface area (TPSA) is 70.1 Å². The van der Waals surface area contributed by atoms with Crippen LogP contribution in [0.4, 0.5) is 0 Å². The fourth-order valence-electron chi connectivity index (χ4n) is 2.92. The summed E-state index contributed by atoms with van der Waals surface area (Å²) in [5.41, 5.74) is 7.19. The van der Waals surface area contributed by atoms with Crippen LogP contribution in [0.25, 0.3) is 0 Å². The van der Waals surface area contributed by atoms with Crippen molar-refractivity contribution in [2.24, 2.45) is 11.7 Å². The second-order valence-electron chi connectivity index (χ2n) is 5.81. The highest BCUT2D eigenvalue weighted by molar-refractivity contribution is 5.83. The zero-order valence-electron chi connectivity index (χ0n) is 12.7. The molecule has 1 aliphatic rings. The first-order valence-electron chi connectivity index (χ1n) is 7.62. The fraction of sp³-hybridized carbons (Fsp3) is 0.529. The molecule has 0 bridgehead atoms. The molecule has 0 spiro atoms. The Morgan fingerprint density at radius 3 is 2.67 bits per heavy atom. The lowest BCUT2D eigenvalue weighted by atomic mass is 9.97. The second-order valence-corrected chi connectivity index (χ2v) is 5.81. The zero-order valence-corrected chi connectivity index (χ0v) is 12.7. The molecular formula is C17H23N3O. The molecule has 1 aliphatic heterocycles. The quantitative estimate of drug-likeness (QED) is 0.924. The SMILES string of the molecule is CCC(C)[C@H](N)C(=O)N1[C@H](C#N)CC[C@H]1c1ccccc1. The minimum atomic E-state index is -0.532. The maximum Gasteiger partial charge on any atom is 0.241 e. The van der Waals surface area contributed by atoms with Crippen molar-refractivity contribution in [3.05, 3.63) is 35.9 Å². The van der Waals surface area contributed by atoms with E-state index in [1.165, 1.54) is 0 Å². The monoisotopic (exact) mass is 285 g/mol. The Kier molecular flexibility index (Phi) is 4.98. The number of carbonyl (C=O) groups excluding carboxylic acids is 1. The van der Waals surface area contributed by atoms with Crippen molar-refractivity contribution in [1.29, 1.82) is 5.26 Å². The molecule has 4 heteroatoms. The molecule has 1 unspecified atom stereocenters. The minimum Gasteiger partial charge on any atom is -0.320 e. The first-order chi connectivity index (χ1) is 10.1. The number of likely N-dealkylation sites (tertiary alicyclic amines) is 1. The first kappa shape index (κ1) is 15.5. The number of nitrogens with zero attached hydrogens (tertiary/aromatic N) is 2. The van der Waals surface area contributed by atoms with Gasteiger partial charge in [-0.05, 0) is 24.3 Å². The molecule has 4 nitrogen and oxygen atoms in total. The first-order valence-corrected chi connectivity index (χ1v) is 7.62. The summed E-state index contributed by atoms with van der Waals surface area (Å²) in [6.45, 7) is 4.01. The average molecular weight is 285 g/mol. The molecule has 1 heterocycles. The van der Waals surface area contributed by atoms with Crippen LogP contribution in [0.15, 0.2) is 30.3 Å². The third-order valence-electron chi connectivity index (χ3n) is 4.52. The van der Waals surface area contributed by atoms with E-state index < -0.39 is 6.04 Å². The van der Waals surface area contributed by atoms with Gasteiger partial charge >= 0.3 is 0 Å². The van der Waals surface area contributed by atoms with Crippen LogP contribution in [0.1, 0.15) is 44.7 Å². The molecule has 21 heavy (non-hydrogen) atoms. The summed E-state index contributed by atoms with van der Waals surface area (Å²) in [4.78, 5) is 14.5. The Bertz CT molecular complexity index is 523. The van der Waals surface area contributed by atoms with Crippen molar-refractivity contribution in [3.63, 3.8) is 0 Å². The molecule has 0 aliphatic carbocycles. The van der Waals surface area contributed by atoms with Crippen molar-refractivity contribution in [2.75, 3.05) is 0 Å². The summed E-state index contributed by atoms with van der Waals surface area (Å²) < 4.78 is 0. The third kappa shape index (κ3) is 3.08. The van der Waals surface area contributed by atoms with E-state index in [0.717, 1.165) is 24.8 Å². The van der Waals surface area contributed by atoms with Gasteiger partial charge in [0.25, 0.3) is 0 Å². The lowest BCUT2D eigenvalue weighted by Gasteiger charge is -2.31. The lowest BCUT2D eigenvalue weighted by molar-refractivity contribution is -0.135. The second kappa shape index (κ2) is 6.73. The summed E-state index contributed by atoms with van der Waals surface area (Å²) in [5.74, 6) is 0.0242. The van der Waals surface area contributed by atoms with Gasteiger partial charge in [0, 0.05) is 0 Å². The number of nitriles is 1. The van der Waals surface area contributed by atoms with Crippen molar-refractivity contribution >= 4 is 5.91 Å². The number of amides is 1.